The van der Waals surface area contributed by atoms with Crippen molar-refractivity contribution in [1.29, 1.82) is 0 Å². The molecular weight excluding hydrogens is 426 g/mol. The highest BCUT2D eigenvalue weighted by Crippen LogP contribution is 2.41. The zero-order valence-electron chi connectivity index (χ0n) is 19.3. The Balaban J connectivity index is 2.17. The molecule has 0 radical (unpaired) electrons. The number of hydrogen-bond acceptors (Lipinski definition) is 7. The number of hydrogen-bond donors (Lipinski definition) is 1. The van der Waals surface area contributed by atoms with Crippen molar-refractivity contribution in [3.63, 3.8) is 0 Å². The molecule has 33 heavy (non-hydrogen) atoms. The molecule has 3 aromatic rings. The molecule has 0 saturated carbocycles. The number of amides is 1. The van der Waals surface area contributed by atoms with Crippen LogP contribution in [0, 0.1) is 10.1 Å². The Labute approximate surface area is 191 Å². The van der Waals surface area contributed by atoms with E-state index in [1.54, 1.807) is 32.4 Å². The first-order chi connectivity index (χ1) is 15.8. The molecule has 0 bridgehead atoms. The Morgan fingerprint density at radius 3 is 2.36 bits per heavy atom. The molecule has 1 heterocycles. The Hall–Kier alpha value is -3.88. The number of nitro benzene ring substituents is 1. The first kappa shape index (κ1) is 23.8. The van der Waals surface area contributed by atoms with Gasteiger partial charge in [-0.15, -0.1) is 0 Å². The zero-order valence-corrected chi connectivity index (χ0v) is 19.3. The molecule has 174 valence electrons. The van der Waals surface area contributed by atoms with Crippen LogP contribution >= 0.6 is 0 Å². The van der Waals surface area contributed by atoms with Gasteiger partial charge in [-0.2, -0.15) is 0 Å². The summed E-state index contributed by atoms with van der Waals surface area (Å²) in [6.07, 6.45) is 0.287. The Morgan fingerprint density at radius 2 is 1.82 bits per heavy atom. The number of rotatable bonds is 9. The van der Waals surface area contributed by atoms with Crippen molar-refractivity contribution in [2.75, 3.05) is 20.8 Å². The number of methoxy groups -OCH3 is 2. The van der Waals surface area contributed by atoms with Crippen molar-refractivity contribution in [3.8, 4) is 22.8 Å². The molecule has 0 saturated heterocycles. The van der Waals surface area contributed by atoms with Crippen LogP contribution in [0.25, 0.3) is 11.3 Å². The highest BCUT2D eigenvalue weighted by molar-refractivity contribution is 5.95. The normalized spacial score (nSPS) is 10.8. The molecule has 0 aliphatic carbocycles. The monoisotopic (exact) mass is 453 g/mol. The number of nitro groups is 1. The van der Waals surface area contributed by atoms with Gasteiger partial charge in [0, 0.05) is 36.7 Å². The number of carbonyl (C=O) groups excluding carboxylic acids is 1. The summed E-state index contributed by atoms with van der Waals surface area (Å²) >= 11 is 0. The highest BCUT2D eigenvalue weighted by atomic mass is 16.6. The maximum Gasteiger partial charge on any atom is 0.273 e. The fraction of sp³-hybridized carbons (Fsp3) is 0.333. The number of non-ortho nitro benzene ring substituents is 1. The van der Waals surface area contributed by atoms with Crippen molar-refractivity contribution in [2.24, 2.45) is 0 Å². The van der Waals surface area contributed by atoms with Crippen LogP contribution in [0.3, 0.4) is 0 Å². The van der Waals surface area contributed by atoms with Crippen LogP contribution in [0.15, 0.2) is 40.9 Å². The molecule has 2 aromatic carbocycles. The van der Waals surface area contributed by atoms with E-state index in [2.05, 4.69) is 10.5 Å². The number of nitrogens with one attached hydrogen (secondary N) is 1. The second-order valence-electron chi connectivity index (χ2n) is 7.75. The molecular formula is C24H27N3O6. The summed E-state index contributed by atoms with van der Waals surface area (Å²) in [5.41, 5.74) is 3.08. The number of benzene rings is 2. The zero-order chi connectivity index (χ0) is 24.1. The summed E-state index contributed by atoms with van der Waals surface area (Å²) < 4.78 is 16.8. The molecule has 0 aliphatic heterocycles. The van der Waals surface area contributed by atoms with Crippen molar-refractivity contribution in [2.45, 2.75) is 33.1 Å². The van der Waals surface area contributed by atoms with Gasteiger partial charge in [-0.05, 0) is 30.0 Å². The molecule has 1 aromatic heterocycles. The second kappa shape index (κ2) is 10.2. The number of nitrogens with zero attached hydrogens (tertiary/aromatic N) is 2. The molecule has 3 rings (SSSR count). The summed E-state index contributed by atoms with van der Waals surface area (Å²) in [7, 11) is 3.15. The molecule has 1 amide bonds. The van der Waals surface area contributed by atoms with E-state index in [9.17, 15) is 14.9 Å². The first-order valence-electron chi connectivity index (χ1n) is 10.6. The van der Waals surface area contributed by atoms with Gasteiger partial charge in [0.2, 0.25) is 0 Å². The summed E-state index contributed by atoms with van der Waals surface area (Å²) in [5.74, 6) is 1.40. The molecule has 0 unspecified atom stereocenters. The molecule has 0 aliphatic rings. The maximum absolute atomic E-state index is 12.7. The van der Waals surface area contributed by atoms with Crippen LogP contribution in [-0.4, -0.2) is 36.8 Å². The van der Waals surface area contributed by atoms with Crippen molar-refractivity contribution in [3.05, 3.63) is 68.9 Å². The number of aromatic nitrogens is 1. The van der Waals surface area contributed by atoms with Gasteiger partial charge in [-0.25, -0.2) is 0 Å². The minimum absolute atomic E-state index is 0.00774. The van der Waals surface area contributed by atoms with Gasteiger partial charge < -0.3 is 19.3 Å². The molecule has 0 atom stereocenters. The largest absolute Gasteiger partial charge is 0.496 e. The summed E-state index contributed by atoms with van der Waals surface area (Å²) in [5, 5.41) is 17.8. The van der Waals surface area contributed by atoms with Crippen molar-refractivity contribution >= 4 is 11.6 Å². The third kappa shape index (κ3) is 4.97. The van der Waals surface area contributed by atoms with Gasteiger partial charge >= 0.3 is 0 Å². The fourth-order valence-electron chi connectivity index (χ4n) is 3.60. The molecule has 9 nitrogen and oxygen atoms in total. The topological polar surface area (TPSA) is 117 Å². The van der Waals surface area contributed by atoms with E-state index >= 15 is 0 Å². The molecule has 9 heteroatoms. The standard InChI is InChI=1S/C24H27N3O6/c1-6-25-24(28)22-19(11-15-7-9-16(10-8-15)27(29)30)23(33-26-22)18-12-17(14(2)3)20(31-4)13-21(18)32-5/h7-10,12-14H,6,11H2,1-5H3,(H,25,28). The lowest BCUT2D eigenvalue weighted by molar-refractivity contribution is -0.384. The van der Waals surface area contributed by atoms with E-state index in [1.807, 2.05) is 26.8 Å². The highest BCUT2D eigenvalue weighted by Gasteiger charge is 2.26. The maximum atomic E-state index is 12.7. The smallest absolute Gasteiger partial charge is 0.273 e. The lowest BCUT2D eigenvalue weighted by Gasteiger charge is -2.16. The number of ether oxygens (including phenoxy) is 2. The predicted octanol–water partition coefficient (Wildman–Crippen LogP) is 4.73. The molecule has 0 fully saturated rings. The van der Waals surface area contributed by atoms with E-state index in [-0.39, 0.29) is 29.6 Å². The Morgan fingerprint density at radius 1 is 1.15 bits per heavy atom. The average molecular weight is 453 g/mol. The van der Waals surface area contributed by atoms with Crippen molar-refractivity contribution in [1.82, 2.24) is 10.5 Å². The van der Waals surface area contributed by atoms with E-state index in [4.69, 9.17) is 14.0 Å². The minimum atomic E-state index is -0.454. The van der Waals surface area contributed by atoms with Crippen LogP contribution in [0.4, 0.5) is 5.69 Å². The van der Waals surface area contributed by atoms with Gasteiger partial charge in [0.15, 0.2) is 11.5 Å². The lowest BCUT2D eigenvalue weighted by atomic mass is 9.94. The third-order valence-corrected chi connectivity index (χ3v) is 5.29. The van der Waals surface area contributed by atoms with Crippen LogP contribution < -0.4 is 14.8 Å². The average Bonchev–Trinajstić information content (AvgIpc) is 3.21. The van der Waals surface area contributed by atoms with Gasteiger partial charge in [-0.3, -0.25) is 14.9 Å². The second-order valence-corrected chi connectivity index (χ2v) is 7.75. The predicted molar refractivity (Wildman–Crippen MR) is 123 cm³/mol. The van der Waals surface area contributed by atoms with E-state index < -0.39 is 4.92 Å². The summed E-state index contributed by atoms with van der Waals surface area (Å²) in [6, 6.07) is 9.87. The third-order valence-electron chi connectivity index (χ3n) is 5.29. The van der Waals surface area contributed by atoms with Gasteiger partial charge in [-0.1, -0.05) is 31.1 Å². The summed E-state index contributed by atoms with van der Waals surface area (Å²) in [6.45, 7) is 6.34. The van der Waals surface area contributed by atoms with Crippen LogP contribution in [0.5, 0.6) is 11.5 Å². The van der Waals surface area contributed by atoms with E-state index in [1.165, 1.54) is 12.1 Å². The van der Waals surface area contributed by atoms with Crippen molar-refractivity contribution < 1.29 is 23.7 Å². The first-order valence-corrected chi connectivity index (χ1v) is 10.6. The lowest BCUT2D eigenvalue weighted by Crippen LogP contribution is -2.24. The van der Waals surface area contributed by atoms with E-state index in [0.29, 0.717) is 34.9 Å². The van der Waals surface area contributed by atoms with Crippen LogP contribution in [0.2, 0.25) is 0 Å². The SMILES string of the molecule is CCNC(=O)c1noc(-c2cc(C(C)C)c(OC)cc2OC)c1Cc1ccc([N+](=O)[O-])cc1. The fourth-order valence-corrected chi connectivity index (χ4v) is 3.60. The molecule has 0 spiro atoms. The van der Waals surface area contributed by atoms with Gasteiger partial charge in [0.05, 0.1) is 24.7 Å². The van der Waals surface area contributed by atoms with E-state index in [0.717, 1.165) is 11.1 Å². The summed E-state index contributed by atoms with van der Waals surface area (Å²) in [4.78, 5) is 23.2. The van der Waals surface area contributed by atoms with Crippen LogP contribution in [-0.2, 0) is 6.42 Å². The number of carbonyl (C=O) groups is 1. The van der Waals surface area contributed by atoms with Gasteiger partial charge in [0.1, 0.15) is 11.5 Å². The quantitative estimate of drug-likeness (QED) is 0.368. The molecule has 1 N–H and O–H groups in total. The van der Waals surface area contributed by atoms with Crippen LogP contribution in [0.1, 0.15) is 53.9 Å². The Bertz CT molecular complexity index is 1150. The van der Waals surface area contributed by atoms with Gasteiger partial charge in [0.25, 0.3) is 11.6 Å². The Kier molecular flexibility index (Phi) is 7.32. The minimum Gasteiger partial charge on any atom is -0.496 e.